The Balaban J connectivity index is 1.08. The summed E-state index contributed by atoms with van der Waals surface area (Å²) >= 11 is 0. The lowest BCUT2D eigenvalue weighted by Gasteiger charge is -2.22. The van der Waals surface area contributed by atoms with Crippen LogP contribution in [-0.2, 0) is 0 Å². The van der Waals surface area contributed by atoms with Crippen molar-refractivity contribution in [3.63, 3.8) is 0 Å². The highest BCUT2D eigenvalue weighted by Crippen LogP contribution is 2.53. The monoisotopic (exact) mass is 632 g/mol. The molecule has 0 radical (unpaired) electrons. The maximum absolute atomic E-state index is 5.08. The molecule has 0 N–H and O–H groups in total. The topological polar surface area (TPSA) is 51.6 Å². The van der Waals surface area contributed by atoms with E-state index in [0.717, 1.165) is 79.7 Å². The molecule has 2 aliphatic rings. The maximum Gasteiger partial charge on any atom is 0.160 e. The van der Waals surface area contributed by atoms with Crippen LogP contribution in [0.2, 0.25) is 0 Å². The fourth-order valence-electron chi connectivity index (χ4n) is 7.89. The number of aromatic nitrogens is 4. The summed E-state index contributed by atoms with van der Waals surface area (Å²) in [5.41, 5.74) is 11.3. The molecule has 7 aromatic rings. The van der Waals surface area contributed by atoms with Gasteiger partial charge in [0, 0.05) is 33.4 Å². The fourth-order valence-corrected chi connectivity index (χ4v) is 7.89. The first-order valence-electron chi connectivity index (χ1n) is 17.4. The van der Waals surface area contributed by atoms with Gasteiger partial charge in [0.1, 0.15) is 0 Å². The molecule has 9 rings (SSSR count). The average molecular weight is 633 g/mol. The molecule has 3 atom stereocenters. The lowest BCUT2D eigenvalue weighted by Crippen LogP contribution is -2.08. The van der Waals surface area contributed by atoms with E-state index in [-0.39, 0.29) is 0 Å². The van der Waals surface area contributed by atoms with Crippen LogP contribution in [0.25, 0.3) is 67.8 Å². The Hall–Kier alpha value is -5.74. The van der Waals surface area contributed by atoms with E-state index in [1.807, 2.05) is 54.6 Å². The lowest BCUT2D eigenvalue weighted by molar-refractivity contribution is 0.420. The van der Waals surface area contributed by atoms with Crippen LogP contribution in [-0.4, -0.2) is 19.9 Å². The van der Waals surface area contributed by atoms with Crippen molar-refractivity contribution in [2.75, 3.05) is 0 Å². The van der Waals surface area contributed by atoms with Crippen LogP contribution in [0.4, 0.5) is 0 Å². The highest BCUT2D eigenvalue weighted by atomic mass is 14.9. The van der Waals surface area contributed by atoms with Gasteiger partial charge in [-0.25, -0.2) is 19.9 Å². The Labute approximate surface area is 287 Å². The highest BCUT2D eigenvalue weighted by Gasteiger charge is 2.40. The second kappa shape index (κ2) is 12.7. The lowest BCUT2D eigenvalue weighted by atomic mass is 9.83. The molecule has 0 spiro atoms. The number of hydrogen-bond acceptors (Lipinski definition) is 4. The second-order valence-electron chi connectivity index (χ2n) is 13.5. The fraction of sp³-hybridized carbons (Fsp3) is 0.156. The molecular formula is C45H36N4. The highest BCUT2D eigenvalue weighted by molar-refractivity contribution is 5.76. The van der Waals surface area contributed by atoms with Gasteiger partial charge < -0.3 is 0 Å². The number of benzene rings is 5. The van der Waals surface area contributed by atoms with E-state index in [1.54, 1.807) is 0 Å². The molecular weight excluding hydrogens is 597 g/mol. The third kappa shape index (κ3) is 5.95. The molecule has 3 unspecified atom stereocenters. The van der Waals surface area contributed by atoms with Crippen LogP contribution < -0.4 is 0 Å². The van der Waals surface area contributed by atoms with Gasteiger partial charge in [0.15, 0.2) is 11.6 Å². The van der Waals surface area contributed by atoms with Crippen LogP contribution in [0.15, 0.2) is 152 Å². The molecule has 0 aliphatic heterocycles. The maximum atomic E-state index is 5.08. The van der Waals surface area contributed by atoms with E-state index in [0.29, 0.717) is 5.82 Å². The van der Waals surface area contributed by atoms with Crippen molar-refractivity contribution in [1.82, 2.24) is 19.9 Å². The average Bonchev–Trinajstić information content (AvgIpc) is 3.83. The second-order valence-corrected chi connectivity index (χ2v) is 13.5. The summed E-state index contributed by atoms with van der Waals surface area (Å²) in [5.74, 6) is 3.96. The molecule has 2 heterocycles. The largest absolute Gasteiger partial charge is 0.228 e. The first-order chi connectivity index (χ1) is 24.2. The van der Waals surface area contributed by atoms with E-state index in [4.69, 9.17) is 19.9 Å². The number of nitrogens with zero attached hydrogens (tertiary/aromatic N) is 4. The summed E-state index contributed by atoms with van der Waals surface area (Å²) in [6, 6.07) is 52.7. The molecule has 4 nitrogen and oxygen atoms in total. The van der Waals surface area contributed by atoms with Gasteiger partial charge in [0.2, 0.25) is 0 Å². The Bertz CT molecular complexity index is 2160. The van der Waals surface area contributed by atoms with Crippen molar-refractivity contribution >= 4 is 0 Å². The number of fused-ring (bicyclic) bond motifs is 2. The molecule has 0 saturated heterocycles. The van der Waals surface area contributed by atoms with Gasteiger partial charge in [-0.2, -0.15) is 0 Å². The Kier molecular flexibility index (Phi) is 7.62. The van der Waals surface area contributed by atoms with Gasteiger partial charge in [-0.3, -0.25) is 0 Å². The van der Waals surface area contributed by atoms with Crippen molar-refractivity contribution in [1.29, 1.82) is 0 Å². The summed E-state index contributed by atoms with van der Waals surface area (Å²) in [5, 5.41) is 0. The van der Waals surface area contributed by atoms with E-state index in [2.05, 4.69) is 97.1 Å². The van der Waals surface area contributed by atoms with Crippen LogP contribution in [0.1, 0.15) is 37.2 Å². The summed E-state index contributed by atoms with van der Waals surface area (Å²) in [6.45, 7) is 0. The van der Waals surface area contributed by atoms with Crippen molar-refractivity contribution in [3.05, 3.63) is 157 Å². The predicted molar refractivity (Wildman–Crippen MR) is 198 cm³/mol. The predicted octanol–water partition coefficient (Wildman–Crippen LogP) is 11.2. The quantitative estimate of drug-likeness (QED) is 0.175. The molecule has 4 heteroatoms. The van der Waals surface area contributed by atoms with Crippen molar-refractivity contribution in [3.8, 4) is 67.8 Å². The zero-order valence-corrected chi connectivity index (χ0v) is 27.3. The first-order valence-corrected chi connectivity index (χ1v) is 17.4. The van der Waals surface area contributed by atoms with E-state index in [1.165, 1.54) is 31.2 Å². The minimum atomic E-state index is 0.709. The van der Waals surface area contributed by atoms with E-state index in [9.17, 15) is 0 Å². The number of rotatable bonds is 7. The molecule has 5 aromatic carbocycles. The van der Waals surface area contributed by atoms with Gasteiger partial charge in [-0.1, -0.05) is 146 Å². The van der Waals surface area contributed by atoms with E-state index < -0.39 is 0 Å². The Morgan fingerprint density at radius 1 is 0.367 bits per heavy atom. The van der Waals surface area contributed by atoms with Crippen LogP contribution in [0, 0.1) is 11.8 Å². The third-order valence-electron chi connectivity index (χ3n) is 10.4. The summed E-state index contributed by atoms with van der Waals surface area (Å²) in [6.07, 6.45) is 5.59. The van der Waals surface area contributed by atoms with Crippen molar-refractivity contribution in [2.45, 2.75) is 31.6 Å². The molecule has 49 heavy (non-hydrogen) atoms. The SMILES string of the molecule is c1ccc(-c2cc(-c3ccc(-c4cc(-c5ccc(C6CC7CCC6C7)cc5)nc(-c5ccccc5)n4)cc3)nc(-c3ccccc3)n2)cc1. The molecule has 2 aliphatic carbocycles. The van der Waals surface area contributed by atoms with Gasteiger partial charge >= 0.3 is 0 Å². The summed E-state index contributed by atoms with van der Waals surface area (Å²) < 4.78 is 0. The smallest absolute Gasteiger partial charge is 0.160 e. The molecule has 2 aromatic heterocycles. The van der Waals surface area contributed by atoms with Crippen LogP contribution in [0.5, 0.6) is 0 Å². The summed E-state index contributed by atoms with van der Waals surface area (Å²) in [7, 11) is 0. The van der Waals surface area contributed by atoms with Crippen LogP contribution >= 0.6 is 0 Å². The first kappa shape index (κ1) is 29.4. The van der Waals surface area contributed by atoms with Gasteiger partial charge in [-0.15, -0.1) is 0 Å². The number of hydrogen-bond donors (Lipinski definition) is 0. The zero-order valence-electron chi connectivity index (χ0n) is 27.3. The molecule has 2 fully saturated rings. The molecule has 2 bridgehead atoms. The van der Waals surface area contributed by atoms with Crippen LogP contribution in [0.3, 0.4) is 0 Å². The minimum absolute atomic E-state index is 0.709. The molecule has 236 valence electrons. The summed E-state index contributed by atoms with van der Waals surface area (Å²) in [4.78, 5) is 20.1. The molecule has 2 saturated carbocycles. The van der Waals surface area contributed by atoms with Crippen molar-refractivity contribution < 1.29 is 0 Å². The van der Waals surface area contributed by atoms with Gasteiger partial charge in [-0.05, 0) is 54.7 Å². The standard InChI is InChI=1S/C45H36N4/c1-4-10-32(11-5-1)40-28-41(47-44(46-40)36-12-6-2-7-13-36)34-22-24-35(25-23-34)43-29-42(48-45(49-43)37-14-8-3-9-15-37)33-20-18-31(19-21-33)39-27-30-16-17-38(39)26-30/h1-15,18-25,28-30,38-39H,16-17,26-27H2. The molecule has 0 amide bonds. The Morgan fingerprint density at radius 2 is 0.755 bits per heavy atom. The zero-order chi connectivity index (χ0) is 32.6. The minimum Gasteiger partial charge on any atom is -0.228 e. The normalized spacial score (nSPS) is 18.1. The third-order valence-corrected chi connectivity index (χ3v) is 10.4. The van der Waals surface area contributed by atoms with E-state index >= 15 is 0 Å². The van der Waals surface area contributed by atoms with Gasteiger partial charge in [0.25, 0.3) is 0 Å². The van der Waals surface area contributed by atoms with Gasteiger partial charge in [0.05, 0.1) is 22.8 Å². The Morgan fingerprint density at radius 3 is 1.14 bits per heavy atom. The van der Waals surface area contributed by atoms with Crippen molar-refractivity contribution in [2.24, 2.45) is 11.8 Å².